The first-order valence-corrected chi connectivity index (χ1v) is 16.5. The van der Waals surface area contributed by atoms with Gasteiger partial charge in [-0.25, -0.2) is 0 Å². The summed E-state index contributed by atoms with van der Waals surface area (Å²) in [5, 5.41) is 17.9. The van der Waals surface area contributed by atoms with Gasteiger partial charge in [-0.1, -0.05) is 122 Å². The van der Waals surface area contributed by atoms with Crippen LogP contribution in [-0.2, 0) is 45.2 Å². The number of hydrogen-bond acceptors (Lipinski definition) is 7. The summed E-state index contributed by atoms with van der Waals surface area (Å²) in [6.07, 6.45) is -0.968. The minimum Gasteiger partial charge on any atom is -0.374 e. The van der Waals surface area contributed by atoms with Crippen molar-refractivity contribution in [2.75, 3.05) is 6.61 Å². The molecule has 4 aromatic carbocycles. The van der Waals surface area contributed by atoms with Gasteiger partial charge in [0.05, 0.1) is 44.3 Å². The van der Waals surface area contributed by atoms with Gasteiger partial charge in [-0.3, -0.25) is 0 Å². The maximum Gasteiger partial charge on any atom is 0.163 e. The fourth-order valence-electron chi connectivity index (χ4n) is 6.05. The van der Waals surface area contributed by atoms with E-state index in [9.17, 15) is 0 Å². The second kappa shape index (κ2) is 16.6. The van der Waals surface area contributed by atoms with Crippen molar-refractivity contribution in [2.45, 2.75) is 57.6 Å². The Labute approximate surface area is 287 Å². The molecule has 1 aliphatic rings. The summed E-state index contributed by atoms with van der Waals surface area (Å²) in [7, 11) is 0. The van der Waals surface area contributed by atoms with Crippen LogP contribution in [0.3, 0.4) is 0 Å². The number of nitriles is 1. The van der Waals surface area contributed by atoms with Gasteiger partial charge in [-0.15, -0.1) is 5.10 Å². The number of rotatable bonds is 13. The molecule has 1 aromatic heterocycles. The van der Waals surface area contributed by atoms with Crippen molar-refractivity contribution in [3.63, 3.8) is 0 Å². The largest absolute Gasteiger partial charge is 0.374 e. The maximum absolute atomic E-state index is 9.12. The molecule has 8 heteroatoms. The van der Waals surface area contributed by atoms with Gasteiger partial charge in [0.15, 0.2) is 5.69 Å². The molecule has 0 spiro atoms. The zero-order chi connectivity index (χ0) is 33.1. The SMILES string of the molecule is CC1C(c2ccc(Cl)c(Cc3ccc(C#N)nn3)c2)OC(COCc2ccccc2)C(OCc2ccccc2)C1OCc1ccccc1. The van der Waals surface area contributed by atoms with Crippen molar-refractivity contribution < 1.29 is 18.9 Å². The number of ether oxygens (including phenoxy) is 4. The molecule has 1 saturated heterocycles. The summed E-state index contributed by atoms with van der Waals surface area (Å²) in [6, 6.07) is 41.9. The first-order chi connectivity index (χ1) is 23.6. The molecule has 1 fully saturated rings. The summed E-state index contributed by atoms with van der Waals surface area (Å²) in [6.45, 7) is 3.79. The van der Waals surface area contributed by atoms with Crippen molar-refractivity contribution in [3.8, 4) is 6.07 Å². The van der Waals surface area contributed by atoms with Gasteiger partial charge < -0.3 is 18.9 Å². The lowest BCUT2D eigenvalue weighted by Crippen LogP contribution is -2.54. The fraction of sp³-hybridized carbons (Fsp3) is 0.275. The van der Waals surface area contributed by atoms with E-state index < -0.39 is 12.2 Å². The van der Waals surface area contributed by atoms with Gasteiger partial charge in [-0.05, 0) is 46.0 Å². The molecular formula is C40H38ClN3O4. The first kappa shape index (κ1) is 33.5. The van der Waals surface area contributed by atoms with Crippen LogP contribution in [0.25, 0.3) is 0 Å². The highest BCUT2D eigenvalue weighted by atomic mass is 35.5. The van der Waals surface area contributed by atoms with E-state index in [-0.39, 0.29) is 23.8 Å². The van der Waals surface area contributed by atoms with Crippen LogP contribution in [0.4, 0.5) is 0 Å². The van der Waals surface area contributed by atoms with E-state index in [2.05, 4.69) is 59.6 Å². The van der Waals surface area contributed by atoms with E-state index in [4.69, 9.17) is 35.8 Å². The third-order valence-corrected chi connectivity index (χ3v) is 8.94. The Kier molecular flexibility index (Phi) is 11.6. The Morgan fingerprint density at radius 2 is 1.33 bits per heavy atom. The van der Waals surface area contributed by atoms with Crippen LogP contribution in [0.1, 0.15) is 52.2 Å². The van der Waals surface area contributed by atoms with Crippen molar-refractivity contribution in [2.24, 2.45) is 5.92 Å². The molecule has 5 aromatic rings. The van der Waals surface area contributed by atoms with Crippen molar-refractivity contribution in [1.29, 1.82) is 5.26 Å². The van der Waals surface area contributed by atoms with Crippen LogP contribution in [0, 0.1) is 17.2 Å². The van der Waals surface area contributed by atoms with Crippen LogP contribution >= 0.6 is 11.6 Å². The molecule has 48 heavy (non-hydrogen) atoms. The summed E-state index contributed by atoms with van der Waals surface area (Å²) in [4.78, 5) is 0. The molecule has 0 radical (unpaired) electrons. The molecule has 7 nitrogen and oxygen atoms in total. The minimum absolute atomic E-state index is 0.0800. The van der Waals surface area contributed by atoms with Crippen molar-refractivity contribution in [1.82, 2.24) is 10.2 Å². The number of hydrogen-bond donors (Lipinski definition) is 0. The highest BCUT2D eigenvalue weighted by Gasteiger charge is 2.46. The molecule has 6 rings (SSSR count). The van der Waals surface area contributed by atoms with Crippen LogP contribution in [0.5, 0.6) is 0 Å². The van der Waals surface area contributed by atoms with Crippen molar-refractivity contribution in [3.05, 3.63) is 166 Å². The molecular weight excluding hydrogens is 622 g/mol. The second-order valence-corrected chi connectivity index (χ2v) is 12.4. The van der Waals surface area contributed by atoms with E-state index in [0.717, 1.165) is 33.5 Å². The summed E-state index contributed by atoms with van der Waals surface area (Å²) >= 11 is 6.70. The van der Waals surface area contributed by atoms with E-state index in [1.807, 2.05) is 72.8 Å². The average Bonchev–Trinajstić information content (AvgIpc) is 3.13. The molecule has 0 N–H and O–H groups in total. The number of benzene rings is 4. The molecule has 0 aliphatic carbocycles. The fourth-order valence-corrected chi connectivity index (χ4v) is 6.24. The molecule has 2 heterocycles. The predicted molar refractivity (Wildman–Crippen MR) is 184 cm³/mol. The summed E-state index contributed by atoms with van der Waals surface area (Å²) in [5.41, 5.74) is 6.11. The number of aromatic nitrogens is 2. The maximum atomic E-state index is 9.12. The van der Waals surface area contributed by atoms with Crippen LogP contribution in [-0.4, -0.2) is 35.1 Å². The zero-order valence-electron chi connectivity index (χ0n) is 26.8. The monoisotopic (exact) mass is 659 g/mol. The lowest BCUT2D eigenvalue weighted by molar-refractivity contribution is -0.244. The Bertz CT molecular complexity index is 1770. The van der Waals surface area contributed by atoms with Gasteiger partial charge in [-0.2, -0.15) is 10.4 Å². The van der Waals surface area contributed by atoms with Gasteiger partial charge in [0.25, 0.3) is 0 Å². The molecule has 5 atom stereocenters. The average molecular weight is 660 g/mol. The van der Waals surface area contributed by atoms with Gasteiger partial charge in [0.1, 0.15) is 18.3 Å². The van der Waals surface area contributed by atoms with Crippen molar-refractivity contribution >= 4 is 11.6 Å². The third kappa shape index (κ3) is 8.73. The second-order valence-electron chi connectivity index (χ2n) is 12.0. The zero-order valence-corrected chi connectivity index (χ0v) is 27.6. The predicted octanol–water partition coefficient (Wildman–Crippen LogP) is 8.06. The Morgan fingerprint density at radius 1 is 0.729 bits per heavy atom. The third-order valence-electron chi connectivity index (χ3n) is 8.58. The normalized spacial score (nSPS) is 20.6. The highest BCUT2D eigenvalue weighted by Crippen LogP contribution is 2.41. The highest BCUT2D eigenvalue weighted by molar-refractivity contribution is 6.31. The number of halogens is 1. The van der Waals surface area contributed by atoms with Crippen LogP contribution in [0.2, 0.25) is 5.02 Å². The number of nitrogens with zero attached hydrogens (tertiary/aromatic N) is 3. The minimum atomic E-state index is -0.414. The van der Waals surface area contributed by atoms with Gasteiger partial charge in [0.2, 0.25) is 0 Å². The summed E-state index contributed by atoms with van der Waals surface area (Å²) < 4.78 is 26.7. The Hall–Kier alpha value is -4.42. The molecule has 0 saturated carbocycles. The van der Waals surface area contributed by atoms with E-state index in [1.165, 1.54) is 0 Å². The standard InChI is InChI=1S/C40H38ClN3O4/c1-28-38(32-17-20-36(41)33(21-32)22-34-18-19-35(23-42)44-43-34)48-37(27-45-24-29-11-5-2-6-12-29)40(47-26-31-15-9-4-10-16-31)39(28)46-25-30-13-7-3-8-14-30/h2-21,28,37-40H,22,24-27H2,1H3. The van der Waals surface area contributed by atoms with Crippen LogP contribution < -0.4 is 0 Å². The lowest BCUT2D eigenvalue weighted by atomic mass is 9.84. The van der Waals surface area contributed by atoms with E-state index in [1.54, 1.807) is 12.1 Å². The van der Waals surface area contributed by atoms with E-state index >= 15 is 0 Å². The molecule has 5 unspecified atom stereocenters. The van der Waals surface area contributed by atoms with Crippen LogP contribution in [0.15, 0.2) is 121 Å². The Balaban J connectivity index is 1.29. The molecule has 0 bridgehead atoms. The lowest BCUT2D eigenvalue weighted by Gasteiger charge is -2.46. The van der Waals surface area contributed by atoms with E-state index in [0.29, 0.717) is 37.9 Å². The van der Waals surface area contributed by atoms with Gasteiger partial charge in [0, 0.05) is 17.4 Å². The smallest absolute Gasteiger partial charge is 0.163 e. The topological polar surface area (TPSA) is 86.5 Å². The molecule has 1 aliphatic heterocycles. The van der Waals surface area contributed by atoms with Gasteiger partial charge >= 0.3 is 0 Å². The molecule has 244 valence electrons. The quantitative estimate of drug-likeness (QED) is 0.126. The summed E-state index contributed by atoms with van der Waals surface area (Å²) in [5.74, 6) is -0.0800. The molecule has 0 amide bonds. The Morgan fingerprint density at radius 3 is 1.92 bits per heavy atom. The first-order valence-electron chi connectivity index (χ1n) is 16.2.